The average molecular weight is 338 g/mol. The molecule has 90 valence electrons. The molecule has 0 amide bonds. The van der Waals surface area contributed by atoms with E-state index in [1.54, 1.807) is 11.3 Å². The van der Waals surface area contributed by atoms with Crippen molar-refractivity contribution in [3.05, 3.63) is 68.8 Å². The standard InChI is InChI=1S/C15H10BrClS/c16-13-8-9-18-15(13)14(17)12-7-3-5-10-4-1-2-6-11(10)12/h1-9,14H. The number of alkyl halides is 1. The van der Waals surface area contributed by atoms with Crippen molar-refractivity contribution in [1.82, 2.24) is 0 Å². The molecule has 0 bridgehead atoms. The van der Waals surface area contributed by atoms with Crippen LogP contribution in [0.3, 0.4) is 0 Å². The third-order valence-corrected chi connectivity index (χ3v) is 5.49. The summed E-state index contributed by atoms with van der Waals surface area (Å²) < 4.78 is 1.08. The minimum Gasteiger partial charge on any atom is -0.146 e. The lowest BCUT2D eigenvalue weighted by Gasteiger charge is -2.12. The Balaban J connectivity index is 2.18. The van der Waals surface area contributed by atoms with Gasteiger partial charge < -0.3 is 0 Å². The average Bonchev–Trinajstić information content (AvgIpc) is 2.83. The molecule has 0 aliphatic heterocycles. The first-order chi connectivity index (χ1) is 8.77. The highest BCUT2D eigenvalue weighted by atomic mass is 79.9. The van der Waals surface area contributed by atoms with Crippen LogP contribution in [-0.2, 0) is 0 Å². The van der Waals surface area contributed by atoms with Crippen LogP contribution >= 0.6 is 38.9 Å². The monoisotopic (exact) mass is 336 g/mol. The third kappa shape index (κ3) is 2.09. The second kappa shape index (κ2) is 5.04. The molecule has 3 heteroatoms. The van der Waals surface area contributed by atoms with Gasteiger partial charge in [-0.1, -0.05) is 42.5 Å². The Bertz CT molecular complexity index is 684. The molecule has 0 aliphatic carbocycles. The zero-order valence-electron chi connectivity index (χ0n) is 9.44. The minimum atomic E-state index is -0.106. The number of halogens is 2. The number of benzene rings is 2. The number of rotatable bonds is 2. The first-order valence-electron chi connectivity index (χ1n) is 5.62. The van der Waals surface area contributed by atoms with Crippen molar-refractivity contribution in [3.63, 3.8) is 0 Å². The van der Waals surface area contributed by atoms with Gasteiger partial charge in [0.15, 0.2) is 0 Å². The van der Waals surface area contributed by atoms with Gasteiger partial charge in [-0.05, 0) is 43.7 Å². The molecule has 0 fully saturated rings. The topological polar surface area (TPSA) is 0 Å². The fourth-order valence-electron chi connectivity index (χ4n) is 2.10. The largest absolute Gasteiger partial charge is 0.146 e. The van der Waals surface area contributed by atoms with Crippen LogP contribution in [0.4, 0.5) is 0 Å². The molecular formula is C15H10BrClS. The third-order valence-electron chi connectivity index (χ3n) is 2.97. The van der Waals surface area contributed by atoms with Gasteiger partial charge in [-0.25, -0.2) is 0 Å². The van der Waals surface area contributed by atoms with Crippen molar-refractivity contribution in [3.8, 4) is 0 Å². The van der Waals surface area contributed by atoms with Crippen molar-refractivity contribution in [2.24, 2.45) is 0 Å². The van der Waals surface area contributed by atoms with E-state index in [1.807, 2.05) is 6.07 Å². The van der Waals surface area contributed by atoms with Gasteiger partial charge in [0.05, 0.1) is 5.38 Å². The first-order valence-corrected chi connectivity index (χ1v) is 7.73. The van der Waals surface area contributed by atoms with Crippen LogP contribution < -0.4 is 0 Å². The summed E-state index contributed by atoms with van der Waals surface area (Å²) in [6.07, 6.45) is 0. The van der Waals surface area contributed by atoms with E-state index in [-0.39, 0.29) is 5.38 Å². The highest BCUT2D eigenvalue weighted by molar-refractivity contribution is 9.10. The molecule has 18 heavy (non-hydrogen) atoms. The van der Waals surface area contributed by atoms with Crippen LogP contribution in [0.25, 0.3) is 10.8 Å². The molecule has 0 saturated heterocycles. The Morgan fingerprint density at radius 3 is 2.56 bits per heavy atom. The van der Waals surface area contributed by atoms with Gasteiger partial charge >= 0.3 is 0 Å². The van der Waals surface area contributed by atoms with Gasteiger partial charge in [-0.15, -0.1) is 22.9 Å². The van der Waals surface area contributed by atoms with E-state index in [0.29, 0.717) is 0 Å². The number of fused-ring (bicyclic) bond motifs is 1. The molecule has 3 rings (SSSR count). The Morgan fingerprint density at radius 1 is 1.00 bits per heavy atom. The summed E-state index contributed by atoms with van der Waals surface area (Å²) in [6, 6.07) is 16.7. The molecular weight excluding hydrogens is 328 g/mol. The van der Waals surface area contributed by atoms with Gasteiger partial charge in [-0.3, -0.25) is 0 Å². The van der Waals surface area contributed by atoms with Crippen LogP contribution in [-0.4, -0.2) is 0 Å². The molecule has 0 radical (unpaired) electrons. The van der Waals surface area contributed by atoms with Crippen LogP contribution in [0.5, 0.6) is 0 Å². The van der Waals surface area contributed by atoms with Crippen molar-refractivity contribution >= 4 is 49.6 Å². The summed E-state index contributed by atoms with van der Waals surface area (Å²) in [7, 11) is 0. The van der Waals surface area contributed by atoms with Gasteiger partial charge in [0.1, 0.15) is 0 Å². The predicted octanol–water partition coefficient (Wildman–Crippen LogP) is 5.99. The smallest absolute Gasteiger partial charge is 0.0945 e. The Labute approximate surface area is 123 Å². The lowest BCUT2D eigenvalue weighted by molar-refractivity contribution is 1.20. The van der Waals surface area contributed by atoms with E-state index < -0.39 is 0 Å². The van der Waals surface area contributed by atoms with Crippen molar-refractivity contribution < 1.29 is 0 Å². The fraction of sp³-hybridized carbons (Fsp3) is 0.0667. The molecule has 1 unspecified atom stereocenters. The second-order valence-corrected chi connectivity index (χ2v) is 6.30. The summed E-state index contributed by atoms with van der Waals surface area (Å²) in [5.74, 6) is 0. The van der Waals surface area contributed by atoms with E-state index in [2.05, 4.69) is 63.8 Å². The summed E-state index contributed by atoms with van der Waals surface area (Å²) in [6.45, 7) is 0. The maximum absolute atomic E-state index is 6.64. The number of hydrogen-bond donors (Lipinski definition) is 0. The molecule has 1 heterocycles. The minimum absolute atomic E-state index is 0.106. The molecule has 1 atom stereocenters. The number of thiophene rings is 1. The Kier molecular flexibility index (Phi) is 3.42. The Morgan fingerprint density at radius 2 is 1.78 bits per heavy atom. The Hall–Kier alpha value is -0.830. The molecule has 1 aromatic heterocycles. The second-order valence-electron chi connectivity index (χ2n) is 4.06. The predicted molar refractivity (Wildman–Crippen MR) is 83.7 cm³/mol. The maximum Gasteiger partial charge on any atom is 0.0945 e. The van der Waals surface area contributed by atoms with Gasteiger partial charge in [-0.2, -0.15) is 0 Å². The lowest BCUT2D eigenvalue weighted by atomic mass is 10.0. The van der Waals surface area contributed by atoms with E-state index >= 15 is 0 Å². The summed E-state index contributed by atoms with van der Waals surface area (Å²) >= 11 is 11.9. The van der Waals surface area contributed by atoms with Gasteiger partial charge in [0, 0.05) is 9.35 Å². The summed E-state index contributed by atoms with van der Waals surface area (Å²) in [5, 5.41) is 4.40. The van der Waals surface area contributed by atoms with E-state index in [9.17, 15) is 0 Å². The lowest BCUT2D eigenvalue weighted by Crippen LogP contribution is -1.92. The van der Waals surface area contributed by atoms with E-state index in [1.165, 1.54) is 10.8 Å². The summed E-state index contributed by atoms with van der Waals surface area (Å²) in [4.78, 5) is 1.16. The van der Waals surface area contributed by atoms with Gasteiger partial charge in [0.25, 0.3) is 0 Å². The van der Waals surface area contributed by atoms with Crippen molar-refractivity contribution in [2.75, 3.05) is 0 Å². The molecule has 0 N–H and O–H groups in total. The van der Waals surface area contributed by atoms with E-state index in [4.69, 9.17) is 11.6 Å². The zero-order chi connectivity index (χ0) is 12.5. The quantitative estimate of drug-likeness (QED) is 0.504. The molecule has 0 nitrogen and oxygen atoms in total. The van der Waals surface area contributed by atoms with Gasteiger partial charge in [0.2, 0.25) is 0 Å². The maximum atomic E-state index is 6.64. The molecule has 3 aromatic rings. The molecule has 0 spiro atoms. The summed E-state index contributed by atoms with van der Waals surface area (Å²) in [5.41, 5.74) is 1.16. The highest BCUT2D eigenvalue weighted by Crippen LogP contribution is 2.39. The van der Waals surface area contributed by atoms with Crippen LogP contribution in [0.2, 0.25) is 0 Å². The van der Waals surface area contributed by atoms with Crippen molar-refractivity contribution in [2.45, 2.75) is 5.38 Å². The van der Waals surface area contributed by atoms with E-state index in [0.717, 1.165) is 14.9 Å². The SMILES string of the molecule is ClC(c1sccc1Br)c1cccc2ccccc12. The number of hydrogen-bond acceptors (Lipinski definition) is 1. The molecule has 0 aliphatic rings. The first kappa shape index (κ1) is 12.2. The normalized spacial score (nSPS) is 12.8. The molecule has 2 aromatic carbocycles. The van der Waals surface area contributed by atoms with Crippen LogP contribution in [0, 0.1) is 0 Å². The fourth-order valence-corrected chi connectivity index (χ4v) is 4.29. The van der Waals surface area contributed by atoms with Crippen LogP contribution in [0.15, 0.2) is 58.4 Å². The molecule has 0 saturated carbocycles. The van der Waals surface area contributed by atoms with Crippen LogP contribution in [0.1, 0.15) is 15.8 Å². The van der Waals surface area contributed by atoms with Crippen molar-refractivity contribution in [1.29, 1.82) is 0 Å². The zero-order valence-corrected chi connectivity index (χ0v) is 12.6. The highest BCUT2D eigenvalue weighted by Gasteiger charge is 2.17.